The molecule has 0 aliphatic carbocycles. The molecule has 8 heteroatoms. The molecule has 8 nitrogen and oxygen atoms in total. The largest absolute Gasteiger partial charge is 0.487 e. The fourth-order valence-electron chi connectivity index (χ4n) is 2.18. The molecule has 108 valence electrons. The molecular formula is C12H15N3O5. The Morgan fingerprint density at radius 2 is 2.10 bits per heavy atom. The minimum absolute atomic E-state index is 0.0755. The molecule has 0 bridgehead atoms. The fourth-order valence-corrected chi connectivity index (χ4v) is 2.18. The molecule has 2 rings (SSSR count). The van der Waals surface area contributed by atoms with Gasteiger partial charge in [-0.25, -0.2) is 0 Å². The summed E-state index contributed by atoms with van der Waals surface area (Å²) in [6.07, 6.45) is 1.88. The first-order chi connectivity index (χ1) is 9.58. The molecule has 1 saturated heterocycles. The summed E-state index contributed by atoms with van der Waals surface area (Å²) in [6.45, 7) is 2.29. The number of non-ortho nitro benzene ring substituents is 1. The number of benzene rings is 1. The van der Waals surface area contributed by atoms with E-state index in [-0.39, 0.29) is 17.1 Å². The Morgan fingerprint density at radius 1 is 1.30 bits per heavy atom. The molecule has 1 aliphatic heterocycles. The second kappa shape index (κ2) is 6.29. The van der Waals surface area contributed by atoms with Gasteiger partial charge in [-0.1, -0.05) is 0 Å². The van der Waals surface area contributed by atoms with Crippen LogP contribution in [-0.2, 0) is 0 Å². The van der Waals surface area contributed by atoms with Crippen molar-refractivity contribution < 1.29 is 14.6 Å². The van der Waals surface area contributed by atoms with E-state index in [0.29, 0.717) is 12.5 Å². The van der Waals surface area contributed by atoms with E-state index in [9.17, 15) is 20.2 Å². The molecular weight excluding hydrogens is 266 g/mol. The van der Waals surface area contributed by atoms with Gasteiger partial charge in [0.25, 0.3) is 5.69 Å². The Kier molecular flexibility index (Phi) is 4.46. The van der Waals surface area contributed by atoms with Crippen LogP contribution in [0.15, 0.2) is 18.2 Å². The highest BCUT2D eigenvalue weighted by atomic mass is 16.6. The van der Waals surface area contributed by atoms with E-state index < -0.39 is 9.85 Å². The summed E-state index contributed by atoms with van der Waals surface area (Å²) in [5.74, 6) is 0.596. The molecule has 1 aromatic carbocycles. The second-order valence-electron chi connectivity index (χ2n) is 4.66. The van der Waals surface area contributed by atoms with Gasteiger partial charge < -0.3 is 10.1 Å². The maximum atomic E-state index is 10.9. The number of rotatable bonds is 6. The Bertz CT molecular complexity index is 514. The average Bonchev–Trinajstić information content (AvgIpc) is 2.91. The van der Waals surface area contributed by atoms with Crippen molar-refractivity contribution in [2.45, 2.75) is 12.8 Å². The van der Waals surface area contributed by atoms with E-state index in [1.807, 2.05) is 0 Å². The van der Waals surface area contributed by atoms with Crippen molar-refractivity contribution in [3.8, 4) is 5.75 Å². The van der Waals surface area contributed by atoms with Crippen LogP contribution in [0.25, 0.3) is 0 Å². The Hall–Kier alpha value is -2.22. The van der Waals surface area contributed by atoms with Crippen molar-refractivity contribution in [3.63, 3.8) is 0 Å². The fraction of sp³-hybridized carbons (Fsp3) is 0.500. The van der Waals surface area contributed by atoms with Crippen molar-refractivity contribution >= 4 is 11.4 Å². The maximum absolute atomic E-state index is 10.9. The molecule has 20 heavy (non-hydrogen) atoms. The van der Waals surface area contributed by atoms with E-state index >= 15 is 0 Å². The highest BCUT2D eigenvalue weighted by Crippen LogP contribution is 2.31. The third-order valence-corrected chi connectivity index (χ3v) is 3.30. The number of nitrogens with zero attached hydrogens (tertiary/aromatic N) is 2. The summed E-state index contributed by atoms with van der Waals surface area (Å²) in [4.78, 5) is 20.2. The molecule has 1 aliphatic rings. The van der Waals surface area contributed by atoms with Crippen molar-refractivity contribution in [1.82, 2.24) is 5.32 Å². The van der Waals surface area contributed by atoms with E-state index in [2.05, 4.69) is 5.32 Å². The van der Waals surface area contributed by atoms with Crippen LogP contribution in [0.2, 0.25) is 0 Å². The minimum Gasteiger partial charge on any atom is -0.487 e. The first-order valence-electron chi connectivity index (χ1n) is 6.34. The van der Waals surface area contributed by atoms with Crippen LogP contribution in [0, 0.1) is 26.1 Å². The highest BCUT2D eigenvalue weighted by molar-refractivity contribution is 5.53. The van der Waals surface area contributed by atoms with Crippen LogP contribution in [0.4, 0.5) is 11.4 Å². The standard InChI is InChI=1S/C12H15N3O5/c16-14(17)10-1-2-12(11(7-10)15(18)19)20-6-4-9-3-5-13-8-9/h1-2,7,9,13H,3-6,8H2. The van der Waals surface area contributed by atoms with E-state index in [1.54, 1.807) is 0 Å². The summed E-state index contributed by atoms with van der Waals surface area (Å²) in [5, 5.41) is 24.8. The van der Waals surface area contributed by atoms with Crippen LogP contribution in [0.1, 0.15) is 12.8 Å². The maximum Gasteiger partial charge on any atom is 0.317 e. The normalized spacial score (nSPS) is 17.9. The molecule has 0 spiro atoms. The second-order valence-corrected chi connectivity index (χ2v) is 4.66. The quantitative estimate of drug-likeness (QED) is 0.630. The van der Waals surface area contributed by atoms with Crippen molar-refractivity contribution in [1.29, 1.82) is 0 Å². The number of ether oxygens (including phenoxy) is 1. The molecule has 1 N–H and O–H groups in total. The summed E-state index contributed by atoms with van der Waals surface area (Å²) >= 11 is 0. The Labute approximate surface area is 115 Å². The van der Waals surface area contributed by atoms with E-state index in [0.717, 1.165) is 32.0 Å². The van der Waals surface area contributed by atoms with Crippen LogP contribution in [0.3, 0.4) is 0 Å². The van der Waals surface area contributed by atoms with Gasteiger partial charge in [-0.15, -0.1) is 0 Å². The van der Waals surface area contributed by atoms with Gasteiger partial charge in [-0.2, -0.15) is 0 Å². The van der Waals surface area contributed by atoms with Crippen LogP contribution < -0.4 is 10.1 Å². The number of nitro groups is 2. The monoisotopic (exact) mass is 281 g/mol. The topological polar surface area (TPSA) is 108 Å². The number of hydrogen-bond donors (Lipinski definition) is 1. The number of nitrogens with one attached hydrogen (secondary N) is 1. The number of nitro benzene ring substituents is 2. The van der Waals surface area contributed by atoms with Gasteiger partial charge in [0.15, 0.2) is 5.75 Å². The van der Waals surface area contributed by atoms with Gasteiger partial charge in [0.1, 0.15) is 0 Å². The summed E-state index contributed by atoms with van der Waals surface area (Å²) in [7, 11) is 0. The lowest BCUT2D eigenvalue weighted by atomic mass is 10.1. The average molecular weight is 281 g/mol. The first kappa shape index (κ1) is 14.2. The lowest BCUT2D eigenvalue weighted by Gasteiger charge is -2.10. The smallest absolute Gasteiger partial charge is 0.317 e. The zero-order valence-electron chi connectivity index (χ0n) is 10.8. The van der Waals surface area contributed by atoms with E-state index in [4.69, 9.17) is 4.74 Å². The first-order valence-corrected chi connectivity index (χ1v) is 6.34. The predicted octanol–water partition coefficient (Wildman–Crippen LogP) is 1.88. The van der Waals surface area contributed by atoms with Crippen LogP contribution >= 0.6 is 0 Å². The van der Waals surface area contributed by atoms with Crippen molar-refractivity contribution in [3.05, 3.63) is 38.4 Å². The molecule has 1 unspecified atom stereocenters. The Morgan fingerprint density at radius 3 is 2.70 bits per heavy atom. The zero-order chi connectivity index (χ0) is 14.5. The summed E-state index contributed by atoms with van der Waals surface area (Å²) in [5.41, 5.74) is -0.687. The highest BCUT2D eigenvalue weighted by Gasteiger charge is 2.21. The lowest BCUT2D eigenvalue weighted by Crippen LogP contribution is -2.12. The number of hydrogen-bond acceptors (Lipinski definition) is 6. The van der Waals surface area contributed by atoms with Gasteiger partial charge in [0, 0.05) is 6.07 Å². The molecule has 0 aromatic heterocycles. The molecule has 1 atom stereocenters. The molecule has 0 amide bonds. The van der Waals surface area contributed by atoms with Gasteiger partial charge in [-0.3, -0.25) is 20.2 Å². The SMILES string of the molecule is O=[N+]([O-])c1ccc(OCCC2CCNC2)c([N+](=O)[O-])c1. The lowest BCUT2D eigenvalue weighted by molar-refractivity contribution is -0.394. The molecule has 0 saturated carbocycles. The molecule has 1 fully saturated rings. The van der Waals surface area contributed by atoms with Crippen molar-refractivity contribution in [2.75, 3.05) is 19.7 Å². The van der Waals surface area contributed by atoms with Crippen LogP contribution in [-0.4, -0.2) is 29.5 Å². The van der Waals surface area contributed by atoms with Gasteiger partial charge in [-0.05, 0) is 37.9 Å². The van der Waals surface area contributed by atoms with Crippen molar-refractivity contribution in [2.24, 2.45) is 5.92 Å². The predicted molar refractivity (Wildman–Crippen MR) is 70.8 cm³/mol. The third kappa shape index (κ3) is 3.41. The summed E-state index contributed by atoms with van der Waals surface area (Å²) in [6, 6.07) is 3.41. The van der Waals surface area contributed by atoms with Gasteiger partial charge >= 0.3 is 5.69 Å². The summed E-state index contributed by atoms with van der Waals surface area (Å²) < 4.78 is 5.40. The minimum atomic E-state index is -0.667. The molecule has 1 heterocycles. The third-order valence-electron chi connectivity index (χ3n) is 3.30. The van der Waals surface area contributed by atoms with E-state index in [1.165, 1.54) is 12.1 Å². The molecule has 0 radical (unpaired) electrons. The van der Waals surface area contributed by atoms with Gasteiger partial charge in [0.05, 0.1) is 22.5 Å². The Balaban J connectivity index is 2.02. The van der Waals surface area contributed by atoms with Crippen LogP contribution in [0.5, 0.6) is 5.75 Å². The zero-order valence-corrected chi connectivity index (χ0v) is 10.8. The molecule has 1 aromatic rings. The van der Waals surface area contributed by atoms with Gasteiger partial charge in [0.2, 0.25) is 0 Å².